The molecule has 2 aliphatic carbocycles. The first kappa shape index (κ1) is 27.2. The number of likely N-dealkylation sites (tertiary alicyclic amines) is 1. The number of β-amino-alcohol motifs (C(OH)–C–C–N with tert-alkyl or cyclic N) is 1. The van der Waals surface area contributed by atoms with Gasteiger partial charge in [-0.2, -0.15) is 10.4 Å². The quantitative estimate of drug-likeness (QED) is 0.463. The van der Waals surface area contributed by atoms with E-state index in [1.807, 2.05) is 24.3 Å². The number of amides is 2. The number of nitrogens with zero attached hydrogens (tertiary/aromatic N) is 4. The summed E-state index contributed by atoms with van der Waals surface area (Å²) >= 11 is 0. The van der Waals surface area contributed by atoms with Gasteiger partial charge >= 0.3 is 0 Å². The standard InChI is InChI=1S/C30H40N6O3/c1-30(2,3)20-11-13-22(14-12-20)36(29(39)25-15-23(37)17-35(25)18-31)27(24-16-32-34-26(24)19-9-10-19)28(38)33-21-7-5-4-6-8-21/h11-14,16,19,21,23,25,27,37H,4-10,15,17H2,1-3H3,(H,32,34)(H,33,38). The molecule has 1 aromatic carbocycles. The van der Waals surface area contributed by atoms with Crippen LogP contribution in [0, 0.1) is 11.5 Å². The summed E-state index contributed by atoms with van der Waals surface area (Å²) in [6, 6.07) is 6.02. The van der Waals surface area contributed by atoms with Crippen molar-refractivity contribution in [3.05, 3.63) is 47.3 Å². The lowest BCUT2D eigenvalue weighted by molar-refractivity contribution is -0.128. The number of aliphatic hydroxyl groups excluding tert-OH is 1. The molecule has 0 spiro atoms. The number of rotatable bonds is 7. The lowest BCUT2D eigenvalue weighted by atomic mass is 9.87. The maximum atomic E-state index is 14.4. The topological polar surface area (TPSA) is 125 Å². The molecule has 1 aromatic heterocycles. The van der Waals surface area contributed by atoms with Crippen molar-refractivity contribution in [1.82, 2.24) is 20.4 Å². The molecular formula is C30H40N6O3. The number of H-pyrrole nitrogens is 1. The number of anilines is 1. The molecule has 3 aliphatic rings. The Labute approximate surface area is 230 Å². The van der Waals surface area contributed by atoms with Crippen molar-refractivity contribution in [2.45, 2.75) is 108 Å². The zero-order chi connectivity index (χ0) is 27.7. The average molecular weight is 533 g/mol. The van der Waals surface area contributed by atoms with Crippen LogP contribution in [0.5, 0.6) is 0 Å². The molecule has 39 heavy (non-hydrogen) atoms. The molecule has 1 aliphatic heterocycles. The number of carbonyl (C=O) groups is 2. The minimum Gasteiger partial charge on any atom is -0.391 e. The smallest absolute Gasteiger partial charge is 0.251 e. The Bertz CT molecular complexity index is 1220. The number of hydrogen-bond donors (Lipinski definition) is 3. The van der Waals surface area contributed by atoms with E-state index >= 15 is 0 Å². The van der Waals surface area contributed by atoms with Crippen molar-refractivity contribution in [2.24, 2.45) is 0 Å². The fraction of sp³-hybridized carbons (Fsp3) is 0.600. The van der Waals surface area contributed by atoms with Gasteiger partial charge < -0.3 is 10.4 Å². The fourth-order valence-electron chi connectivity index (χ4n) is 5.99. The van der Waals surface area contributed by atoms with E-state index < -0.39 is 18.2 Å². The molecule has 2 heterocycles. The molecule has 3 atom stereocenters. The van der Waals surface area contributed by atoms with Crippen LogP contribution in [0.4, 0.5) is 5.69 Å². The van der Waals surface area contributed by atoms with Crippen LogP contribution < -0.4 is 10.2 Å². The third-order valence-electron chi connectivity index (χ3n) is 8.38. The molecule has 0 bridgehead atoms. The van der Waals surface area contributed by atoms with E-state index in [4.69, 9.17) is 0 Å². The molecular weight excluding hydrogens is 492 g/mol. The fourth-order valence-corrected chi connectivity index (χ4v) is 5.99. The first-order chi connectivity index (χ1) is 18.7. The molecule has 208 valence electrons. The molecule has 2 aromatic rings. The Morgan fingerprint density at radius 2 is 1.85 bits per heavy atom. The summed E-state index contributed by atoms with van der Waals surface area (Å²) in [6.07, 6.45) is 10.3. The summed E-state index contributed by atoms with van der Waals surface area (Å²) in [7, 11) is 0. The number of benzene rings is 1. The van der Waals surface area contributed by atoms with Crippen molar-refractivity contribution < 1.29 is 14.7 Å². The van der Waals surface area contributed by atoms with E-state index in [9.17, 15) is 20.0 Å². The summed E-state index contributed by atoms with van der Waals surface area (Å²) < 4.78 is 0. The van der Waals surface area contributed by atoms with E-state index in [1.165, 1.54) is 11.3 Å². The van der Waals surface area contributed by atoms with Crippen LogP contribution in [0.2, 0.25) is 0 Å². The van der Waals surface area contributed by atoms with Crippen molar-refractivity contribution in [1.29, 1.82) is 5.26 Å². The second-order valence-corrected chi connectivity index (χ2v) is 12.4. The molecule has 2 amide bonds. The maximum absolute atomic E-state index is 14.4. The Morgan fingerprint density at radius 3 is 2.46 bits per heavy atom. The van der Waals surface area contributed by atoms with Crippen molar-refractivity contribution in [3.63, 3.8) is 0 Å². The highest BCUT2D eigenvalue weighted by Gasteiger charge is 2.45. The van der Waals surface area contributed by atoms with Gasteiger partial charge in [-0.15, -0.1) is 0 Å². The second kappa shape index (κ2) is 11.0. The van der Waals surface area contributed by atoms with E-state index in [0.29, 0.717) is 11.3 Å². The third-order valence-corrected chi connectivity index (χ3v) is 8.38. The Hall–Kier alpha value is -3.38. The predicted molar refractivity (Wildman–Crippen MR) is 148 cm³/mol. The van der Waals surface area contributed by atoms with Gasteiger partial charge in [-0.1, -0.05) is 52.2 Å². The van der Waals surface area contributed by atoms with Gasteiger partial charge in [-0.25, -0.2) is 0 Å². The normalized spacial score (nSPS) is 22.8. The average Bonchev–Trinajstić information content (AvgIpc) is 3.52. The number of nitriles is 1. The van der Waals surface area contributed by atoms with Crippen LogP contribution in [0.1, 0.15) is 101 Å². The maximum Gasteiger partial charge on any atom is 0.251 e. The lowest BCUT2D eigenvalue weighted by Gasteiger charge is -2.35. The number of hydrogen-bond acceptors (Lipinski definition) is 6. The molecule has 3 unspecified atom stereocenters. The zero-order valence-corrected chi connectivity index (χ0v) is 23.2. The Morgan fingerprint density at radius 1 is 1.15 bits per heavy atom. The minimum atomic E-state index is -0.951. The van der Waals surface area contributed by atoms with Crippen LogP contribution in [0.15, 0.2) is 30.5 Å². The number of aliphatic hydroxyl groups is 1. The van der Waals surface area contributed by atoms with Crippen LogP contribution in [-0.4, -0.2) is 56.8 Å². The van der Waals surface area contributed by atoms with Crippen molar-refractivity contribution in [2.75, 3.05) is 11.4 Å². The van der Waals surface area contributed by atoms with Gasteiger partial charge in [0.05, 0.1) is 18.8 Å². The SMILES string of the molecule is CC(C)(C)c1ccc(N(C(=O)C2CC(O)CN2C#N)C(C(=O)NC2CCCCC2)c2cn[nH]c2C2CC2)cc1. The highest BCUT2D eigenvalue weighted by Crippen LogP contribution is 2.44. The molecule has 9 nitrogen and oxygen atoms in total. The second-order valence-electron chi connectivity index (χ2n) is 12.4. The Balaban J connectivity index is 1.59. The van der Waals surface area contributed by atoms with Crippen LogP contribution in [-0.2, 0) is 15.0 Å². The monoisotopic (exact) mass is 532 g/mol. The summed E-state index contributed by atoms with van der Waals surface area (Å²) in [5.41, 5.74) is 3.20. The van der Waals surface area contributed by atoms with Gasteiger partial charge in [0.25, 0.3) is 5.91 Å². The molecule has 5 rings (SSSR count). The molecule has 9 heteroatoms. The van der Waals surface area contributed by atoms with Gasteiger partial charge in [-0.05, 0) is 48.8 Å². The third kappa shape index (κ3) is 5.81. The number of carbonyl (C=O) groups excluding carboxylic acids is 2. The highest BCUT2D eigenvalue weighted by molar-refractivity contribution is 6.04. The molecule has 3 N–H and O–H groups in total. The van der Waals surface area contributed by atoms with Gasteiger partial charge in [0.1, 0.15) is 12.1 Å². The lowest BCUT2D eigenvalue weighted by Crippen LogP contribution is -2.51. The largest absolute Gasteiger partial charge is 0.391 e. The number of nitrogens with one attached hydrogen (secondary N) is 2. The van der Waals surface area contributed by atoms with Crippen LogP contribution >= 0.6 is 0 Å². The van der Waals surface area contributed by atoms with E-state index in [0.717, 1.165) is 49.8 Å². The highest BCUT2D eigenvalue weighted by atomic mass is 16.3. The van der Waals surface area contributed by atoms with Crippen molar-refractivity contribution >= 4 is 17.5 Å². The van der Waals surface area contributed by atoms with Gasteiger partial charge in [0.15, 0.2) is 6.19 Å². The van der Waals surface area contributed by atoms with E-state index in [-0.39, 0.29) is 42.2 Å². The summed E-state index contributed by atoms with van der Waals surface area (Å²) in [5.74, 6) is -0.319. The number of aromatic amines is 1. The first-order valence-electron chi connectivity index (χ1n) is 14.3. The number of aromatic nitrogens is 2. The van der Waals surface area contributed by atoms with Gasteiger partial charge in [0.2, 0.25) is 5.91 Å². The van der Waals surface area contributed by atoms with E-state index in [1.54, 1.807) is 11.1 Å². The summed E-state index contributed by atoms with van der Waals surface area (Å²) in [6.45, 7) is 6.48. The summed E-state index contributed by atoms with van der Waals surface area (Å²) in [5, 5.41) is 30.8. The zero-order valence-electron chi connectivity index (χ0n) is 23.2. The molecule has 3 fully saturated rings. The molecule has 0 radical (unpaired) electrons. The minimum absolute atomic E-state index is 0.0640. The van der Waals surface area contributed by atoms with Gasteiger partial charge in [0, 0.05) is 35.3 Å². The van der Waals surface area contributed by atoms with Crippen LogP contribution in [0.3, 0.4) is 0 Å². The van der Waals surface area contributed by atoms with E-state index in [2.05, 4.69) is 42.5 Å². The summed E-state index contributed by atoms with van der Waals surface area (Å²) in [4.78, 5) is 31.5. The van der Waals surface area contributed by atoms with Crippen LogP contribution in [0.25, 0.3) is 0 Å². The molecule has 1 saturated heterocycles. The first-order valence-corrected chi connectivity index (χ1v) is 14.3. The van der Waals surface area contributed by atoms with Gasteiger partial charge in [-0.3, -0.25) is 24.5 Å². The Kier molecular flexibility index (Phi) is 7.68. The van der Waals surface area contributed by atoms with Crippen molar-refractivity contribution in [3.8, 4) is 6.19 Å². The molecule has 2 saturated carbocycles. The predicted octanol–water partition coefficient (Wildman–Crippen LogP) is 4.02.